The summed E-state index contributed by atoms with van der Waals surface area (Å²) in [6, 6.07) is 12.5. The molecule has 140 valence electrons. The van der Waals surface area contributed by atoms with E-state index in [4.69, 9.17) is 0 Å². The fourth-order valence-corrected chi connectivity index (χ4v) is 2.82. The first kappa shape index (κ1) is 18.8. The first-order valence-corrected chi connectivity index (χ1v) is 8.08. The second-order valence-corrected chi connectivity index (χ2v) is 6.12. The molecular formula is C20H14F5NO. The zero-order valence-electron chi connectivity index (χ0n) is 14.1. The molecule has 3 rings (SSSR count). The maximum Gasteiger partial charge on any atom is 0.225 e. The molecule has 2 nitrogen and oxygen atoms in total. The molecule has 0 heterocycles. The van der Waals surface area contributed by atoms with Crippen molar-refractivity contribution in [3.63, 3.8) is 0 Å². The molecule has 0 spiro atoms. The lowest BCUT2D eigenvalue weighted by Gasteiger charge is -2.16. The molecule has 1 N–H and O–H groups in total. The van der Waals surface area contributed by atoms with Gasteiger partial charge < -0.3 is 5.32 Å². The van der Waals surface area contributed by atoms with Crippen molar-refractivity contribution in [3.05, 3.63) is 82.7 Å². The average molecular weight is 379 g/mol. The van der Waals surface area contributed by atoms with Gasteiger partial charge in [-0.15, -0.1) is 0 Å². The van der Waals surface area contributed by atoms with Crippen molar-refractivity contribution in [2.45, 2.75) is 19.4 Å². The highest BCUT2D eigenvalue weighted by molar-refractivity contribution is 5.83. The van der Waals surface area contributed by atoms with Crippen LogP contribution < -0.4 is 5.32 Å². The Bertz CT molecular complexity index is 1010. The van der Waals surface area contributed by atoms with E-state index in [2.05, 4.69) is 5.32 Å². The van der Waals surface area contributed by atoms with Gasteiger partial charge in [-0.05, 0) is 29.3 Å². The molecule has 0 fully saturated rings. The Morgan fingerprint density at radius 2 is 1.41 bits per heavy atom. The van der Waals surface area contributed by atoms with Crippen LogP contribution in [0.25, 0.3) is 10.8 Å². The molecule has 0 aromatic heterocycles. The maximum absolute atomic E-state index is 13.7. The van der Waals surface area contributed by atoms with Crippen LogP contribution in [-0.2, 0) is 11.2 Å². The molecule has 1 amide bonds. The lowest BCUT2D eigenvalue weighted by Crippen LogP contribution is -2.29. The summed E-state index contributed by atoms with van der Waals surface area (Å²) in [6.45, 7) is 1.65. The van der Waals surface area contributed by atoms with E-state index in [0.717, 1.165) is 16.3 Å². The van der Waals surface area contributed by atoms with Gasteiger partial charge >= 0.3 is 0 Å². The van der Waals surface area contributed by atoms with Crippen LogP contribution >= 0.6 is 0 Å². The predicted molar refractivity (Wildman–Crippen MR) is 90.4 cm³/mol. The van der Waals surface area contributed by atoms with Gasteiger partial charge in [0, 0.05) is 5.56 Å². The molecular weight excluding hydrogens is 365 g/mol. The van der Waals surface area contributed by atoms with Crippen LogP contribution in [0.15, 0.2) is 42.5 Å². The number of carbonyl (C=O) groups excluding carboxylic acids is 1. The highest BCUT2D eigenvalue weighted by atomic mass is 19.2. The van der Waals surface area contributed by atoms with Crippen molar-refractivity contribution in [3.8, 4) is 0 Å². The van der Waals surface area contributed by atoms with Crippen molar-refractivity contribution < 1.29 is 26.7 Å². The molecule has 27 heavy (non-hydrogen) atoms. The number of nitrogens with one attached hydrogen (secondary N) is 1. The van der Waals surface area contributed by atoms with Crippen LogP contribution in [0.2, 0.25) is 0 Å². The second kappa shape index (κ2) is 7.34. The molecule has 0 bridgehead atoms. The number of hydrogen-bond donors (Lipinski definition) is 1. The van der Waals surface area contributed by atoms with Crippen molar-refractivity contribution in [2.75, 3.05) is 0 Å². The zero-order valence-corrected chi connectivity index (χ0v) is 14.1. The van der Waals surface area contributed by atoms with E-state index in [9.17, 15) is 26.7 Å². The van der Waals surface area contributed by atoms with E-state index in [1.807, 2.05) is 36.4 Å². The van der Waals surface area contributed by atoms with E-state index >= 15 is 0 Å². The fraction of sp³-hybridized carbons (Fsp3) is 0.150. The summed E-state index contributed by atoms with van der Waals surface area (Å²) >= 11 is 0. The van der Waals surface area contributed by atoms with Gasteiger partial charge in [-0.2, -0.15) is 0 Å². The zero-order chi connectivity index (χ0) is 19.7. The van der Waals surface area contributed by atoms with Crippen molar-refractivity contribution in [2.24, 2.45) is 0 Å². The van der Waals surface area contributed by atoms with Crippen LogP contribution in [0.3, 0.4) is 0 Å². The van der Waals surface area contributed by atoms with E-state index in [1.54, 1.807) is 13.0 Å². The third-order valence-electron chi connectivity index (χ3n) is 4.29. The summed E-state index contributed by atoms with van der Waals surface area (Å²) < 4.78 is 66.9. The Hall–Kier alpha value is -2.96. The third-order valence-corrected chi connectivity index (χ3v) is 4.29. The molecule has 7 heteroatoms. The number of fused-ring (bicyclic) bond motifs is 1. The van der Waals surface area contributed by atoms with Gasteiger partial charge in [-0.25, -0.2) is 22.0 Å². The molecule has 3 aromatic rings. The number of carbonyl (C=O) groups is 1. The van der Waals surface area contributed by atoms with E-state index in [1.165, 1.54) is 0 Å². The molecule has 1 atom stereocenters. The van der Waals surface area contributed by atoms with Gasteiger partial charge in [-0.3, -0.25) is 4.79 Å². The SMILES string of the molecule is CC(NC(=O)Cc1c(F)c(F)c(F)c(F)c1F)c1ccc2ccccc2c1. The Balaban J connectivity index is 1.79. The summed E-state index contributed by atoms with van der Waals surface area (Å²) in [6.07, 6.45) is -0.969. The van der Waals surface area contributed by atoms with Crippen molar-refractivity contribution in [1.29, 1.82) is 0 Å². The highest BCUT2D eigenvalue weighted by Gasteiger charge is 2.27. The minimum Gasteiger partial charge on any atom is -0.349 e. The number of amides is 1. The minimum atomic E-state index is -2.25. The molecule has 0 radical (unpaired) electrons. The third kappa shape index (κ3) is 3.63. The molecule has 0 aliphatic carbocycles. The van der Waals surface area contributed by atoms with Gasteiger partial charge in [0.1, 0.15) is 0 Å². The molecule has 3 aromatic carbocycles. The van der Waals surface area contributed by atoms with Crippen molar-refractivity contribution >= 4 is 16.7 Å². The molecule has 0 aliphatic rings. The van der Waals surface area contributed by atoms with E-state index in [0.29, 0.717) is 0 Å². The monoisotopic (exact) mass is 379 g/mol. The van der Waals surface area contributed by atoms with Crippen LogP contribution in [-0.4, -0.2) is 5.91 Å². The number of benzene rings is 3. The topological polar surface area (TPSA) is 29.1 Å². The maximum atomic E-state index is 13.7. The smallest absolute Gasteiger partial charge is 0.225 e. The number of hydrogen-bond acceptors (Lipinski definition) is 1. The van der Waals surface area contributed by atoms with E-state index in [-0.39, 0.29) is 0 Å². The minimum absolute atomic E-state index is 0.525. The fourth-order valence-electron chi connectivity index (χ4n) is 2.82. The Labute approximate surface area is 151 Å². The summed E-state index contributed by atoms with van der Waals surface area (Å²) in [4.78, 5) is 12.1. The van der Waals surface area contributed by atoms with Gasteiger partial charge in [0.15, 0.2) is 23.3 Å². The molecule has 1 unspecified atom stereocenters. The largest absolute Gasteiger partial charge is 0.349 e. The second-order valence-electron chi connectivity index (χ2n) is 6.12. The first-order chi connectivity index (χ1) is 12.8. The average Bonchev–Trinajstić information content (AvgIpc) is 2.67. The summed E-state index contributed by atoms with van der Waals surface area (Å²) in [5, 5.41) is 4.45. The highest BCUT2D eigenvalue weighted by Crippen LogP contribution is 2.24. The molecule has 0 saturated heterocycles. The predicted octanol–water partition coefficient (Wildman–Crippen LogP) is 4.96. The van der Waals surface area contributed by atoms with Crippen LogP contribution in [0, 0.1) is 29.1 Å². The van der Waals surface area contributed by atoms with Crippen LogP contribution in [0.1, 0.15) is 24.1 Å². The summed E-state index contributed by atoms with van der Waals surface area (Å²) in [5.41, 5.74) is -0.422. The Morgan fingerprint density at radius 1 is 0.852 bits per heavy atom. The van der Waals surface area contributed by atoms with Gasteiger partial charge in [0.05, 0.1) is 12.5 Å². The summed E-state index contributed by atoms with van der Waals surface area (Å²) in [5.74, 6) is -11.3. The van der Waals surface area contributed by atoms with Crippen LogP contribution in [0.4, 0.5) is 22.0 Å². The molecule has 0 saturated carbocycles. The van der Waals surface area contributed by atoms with Gasteiger partial charge in [0.25, 0.3) is 0 Å². The molecule has 0 aliphatic heterocycles. The van der Waals surface area contributed by atoms with Crippen molar-refractivity contribution in [1.82, 2.24) is 5.32 Å². The Morgan fingerprint density at radius 3 is 2.04 bits per heavy atom. The first-order valence-electron chi connectivity index (χ1n) is 8.08. The normalized spacial score (nSPS) is 12.2. The lowest BCUT2D eigenvalue weighted by molar-refractivity contribution is -0.121. The lowest BCUT2D eigenvalue weighted by atomic mass is 10.0. The quantitative estimate of drug-likeness (QED) is 0.388. The standard InChI is InChI=1S/C20H14F5NO/c1-10(12-7-6-11-4-2-3-5-13(11)8-12)26-15(27)9-14-16(21)18(23)20(25)19(24)17(14)22/h2-8,10H,9H2,1H3,(H,26,27). The van der Waals surface area contributed by atoms with Gasteiger partial charge in [-0.1, -0.05) is 36.4 Å². The summed E-state index contributed by atoms with van der Waals surface area (Å²) in [7, 11) is 0. The Kier molecular flexibility index (Phi) is 5.12. The number of rotatable bonds is 4. The van der Waals surface area contributed by atoms with Gasteiger partial charge in [0.2, 0.25) is 11.7 Å². The van der Waals surface area contributed by atoms with Crippen LogP contribution in [0.5, 0.6) is 0 Å². The van der Waals surface area contributed by atoms with E-state index < -0.39 is 53.0 Å². The number of halogens is 5.